The van der Waals surface area contributed by atoms with Gasteiger partial charge in [0.2, 0.25) is 0 Å². The number of hydrogen-bond donors (Lipinski definition) is 2. The van der Waals surface area contributed by atoms with E-state index in [0.717, 1.165) is 24.4 Å². The van der Waals surface area contributed by atoms with Crippen LogP contribution in [-0.2, 0) is 11.2 Å². The topological polar surface area (TPSA) is 82.8 Å². The number of carboxylic acids is 1. The number of amides is 2. The number of nitrogens with one attached hydrogen (secondary N) is 1. The highest BCUT2D eigenvalue weighted by molar-refractivity contribution is 5.76. The Kier molecular flexibility index (Phi) is 5.69. The van der Waals surface area contributed by atoms with E-state index in [4.69, 9.17) is 4.42 Å². The van der Waals surface area contributed by atoms with E-state index >= 15 is 0 Å². The van der Waals surface area contributed by atoms with Crippen molar-refractivity contribution in [2.45, 2.75) is 46.1 Å². The summed E-state index contributed by atoms with van der Waals surface area (Å²) in [6.07, 6.45) is 2.18. The zero-order chi connectivity index (χ0) is 17.0. The van der Waals surface area contributed by atoms with Crippen LogP contribution >= 0.6 is 0 Å². The molecule has 23 heavy (non-hydrogen) atoms. The number of carboxylic acid groups (broad SMARTS) is 1. The highest BCUT2D eigenvalue weighted by Gasteiger charge is 2.32. The van der Waals surface area contributed by atoms with Crippen molar-refractivity contribution in [1.29, 1.82) is 0 Å². The molecule has 1 aromatic rings. The molecule has 2 N–H and O–H groups in total. The van der Waals surface area contributed by atoms with Crippen LogP contribution in [0.3, 0.4) is 0 Å². The van der Waals surface area contributed by atoms with Gasteiger partial charge in [-0.05, 0) is 44.7 Å². The quantitative estimate of drug-likeness (QED) is 0.873. The number of urea groups is 1. The zero-order valence-corrected chi connectivity index (χ0v) is 14.0. The monoisotopic (exact) mass is 322 g/mol. The minimum Gasteiger partial charge on any atom is -0.481 e. The predicted octanol–water partition coefficient (Wildman–Crippen LogP) is 2.66. The standard InChI is InChI=1S/C17H26N2O4/c1-11-8-14(16(20)21)10-19(9-11)17(22)18-12(2)4-6-15-7-5-13(3)23-15/h5,7,11-12,14H,4,6,8-10H2,1-3H3,(H,18,22)(H,20,21). The van der Waals surface area contributed by atoms with E-state index in [-0.39, 0.29) is 24.5 Å². The largest absolute Gasteiger partial charge is 0.481 e. The van der Waals surface area contributed by atoms with E-state index in [1.165, 1.54) is 0 Å². The van der Waals surface area contributed by atoms with E-state index in [9.17, 15) is 14.7 Å². The second-order valence-electron chi connectivity index (χ2n) is 6.68. The molecule has 0 aliphatic carbocycles. The zero-order valence-electron chi connectivity index (χ0n) is 14.0. The first-order chi connectivity index (χ1) is 10.8. The third-order valence-corrected chi connectivity index (χ3v) is 4.29. The molecule has 0 saturated carbocycles. The molecule has 3 atom stereocenters. The molecule has 128 valence electrons. The smallest absolute Gasteiger partial charge is 0.317 e. The maximum absolute atomic E-state index is 12.3. The first kappa shape index (κ1) is 17.4. The normalized spacial score (nSPS) is 22.7. The van der Waals surface area contributed by atoms with Gasteiger partial charge in [0.25, 0.3) is 0 Å². The van der Waals surface area contributed by atoms with Gasteiger partial charge in [0.15, 0.2) is 0 Å². The molecule has 2 rings (SSSR count). The van der Waals surface area contributed by atoms with Crippen molar-refractivity contribution in [3.05, 3.63) is 23.7 Å². The summed E-state index contributed by atoms with van der Waals surface area (Å²) >= 11 is 0. The lowest BCUT2D eigenvalue weighted by molar-refractivity contribution is -0.143. The number of carbonyl (C=O) groups excluding carboxylic acids is 1. The van der Waals surface area contributed by atoms with Crippen molar-refractivity contribution in [3.8, 4) is 0 Å². The van der Waals surface area contributed by atoms with Gasteiger partial charge in [0.1, 0.15) is 11.5 Å². The van der Waals surface area contributed by atoms with Gasteiger partial charge in [-0.2, -0.15) is 0 Å². The second kappa shape index (κ2) is 7.53. The van der Waals surface area contributed by atoms with Gasteiger partial charge in [-0.25, -0.2) is 4.79 Å². The molecule has 1 aliphatic heterocycles. The summed E-state index contributed by atoms with van der Waals surface area (Å²) in [5, 5.41) is 12.1. The maximum atomic E-state index is 12.3. The summed E-state index contributed by atoms with van der Waals surface area (Å²) < 4.78 is 5.52. The molecule has 0 bridgehead atoms. The highest BCUT2D eigenvalue weighted by Crippen LogP contribution is 2.22. The van der Waals surface area contributed by atoms with Gasteiger partial charge in [-0.1, -0.05) is 6.92 Å². The number of piperidine rings is 1. The van der Waals surface area contributed by atoms with E-state index in [1.54, 1.807) is 4.90 Å². The molecule has 0 spiro atoms. The van der Waals surface area contributed by atoms with Gasteiger partial charge in [0, 0.05) is 25.6 Å². The number of rotatable bonds is 5. The molecule has 6 nitrogen and oxygen atoms in total. The SMILES string of the molecule is Cc1ccc(CCC(C)NC(=O)N2CC(C)CC(C(=O)O)C2)o1. The Labute approximate surface area is 136 Å². The summed E-state index contributed by atoms with van der Waals surface area (Å²) in [6, 6.07) is 3.72. The first-order valence-corrected chi connectivity index (χ1v) is 8.18. The van der Waals surface area contributed by atoms with Crippen LogP contribution in [0.25, 0.3) is 0 Å². The van der Waals surface area contributed by atoms with Crippen LogP contribution in [0.5, 0.6) is 0 Å². The van der Waals surface area contributed by atoms with Crippen molar-refractivity contribution >= 4 is 12.0 Å². The van der Waals surface area contributed by atoms with E-state index in [0.29, 0.717) is 13.0 Å². The minimum atomic E-state index is -0.824. The number of aliphatic carboxylic acids is 1. The number of aryl methyl sites for hydroxylation is 2. The van der Waals surface area contributed by atoms with E-state index in [1.807, 2.05) is 32.9 Å². The Morgan fingerprint density at radius 2 is 2.17 bits per heavy atom. The van der Waals surface area contributed by atoms with Crippen LogP contribution in [0.15, 0.2) is 16.5 Å². The van der Waals surface area contributed by atoms with Crippen LogP contribution < -0.4 is 5.32 Å². The number of carbonyl (C=O) groups is 2. The maximum Gasteiger partial charge on any atom is 0.317 e. The Hall–Kier alpha value is -1.98. The third-order valence-electron chi connectivity index (χ3n) is 4.29. The molecule has 2 heterocycles. The van der Waals surface area contributed by atoms with Gasteiger partial charge in [-0.3, -0.25) is 4.79 Å². The van der Waals surface area contributed by atoms with Gasteiger partial charge in [0.05, 0.1) is 5.92 Å². The Morgan fingerprint density at radius 1 is 1.43 bits per heavy atom. The fourth-order valence-electron chi connectivity index (χ4n) is 3.05. The van der Waals surface area contributed by atoms with Crippen molar-refractivity contribution < 1.29 is 19.1 Å². The predicted molar refractivity (Wildman–Crippen MR) is 86.2 cm³/mol. The summed E-state index contributed by atoms with van der Waals surface area (Å²) in [5.41, 5.74) is 0. The lowest BCUT2D eigenvalue weighted by atomic mass is 9.91. The fourth-order valence-corrected chi connectivity index (χ4v) is 3.05. The molecule has 3 unspecified atom stereocenters. The van der Waals surface area contributed by atoms with Crippen LogP contribution in [0.2, 0.25) is 0 Å². The summed E-state index contributed by atoms with van der Waals surface area (Å²) in [4.78, 5) is 25.1. The molecule has 6 heteroatoms. The molecule has 1 aromatic heterocycles. The molecule has 1 aliphatic rings. The molecule has 0 aromatic carbocycles. The average Bonchev–Trinajstić information content (AvgIpc) is 2.90. The average molecular weight is 322 g/mol. The summed E-state index contributed by atoms with van der Waals surface area (Å²) in [7, 11) is 0. The number of furan rings is 1. The third kappa shape index (κ3) is 5.01. The van der Waals surface area contributed by atoms with Crippen molar-refractivity contribution in [3.63, 3.8) is 0 Å². The highest BCUT2D eigenvalue weighted by atomic mass is 16.4. The molecule has 0 radical (unpaired) electrons. The van der Waals surface area contributed by atoms with Crippen LogP contribution in [0, 0.1) is 18.8 Å². The van der Waals surface area contributed by atoms with Gasteiger partial charge < -0.3 is 19.7 Å². The summed E-state index contributed by atoms with van der Waals surface area (Å²) in [6.45, 7) is 6.74. The molecular weight excluding hydrogens is 296 g/mol. The van der Waals surface area contributed by atoms with Crippen molar-refractivity contribution in [2.24, 2.45) is 11.8 Å². The Balaban J connectivity index is 1.81. The van der Waals surface area contributed by atoms with Crippen LogP contribution in [-0.4, -0.2) is 41.1 Å². The molecular formula is C17H26N2O4. The minimum absolute atomic E-state index is 0.00779. The second-order valence-corrected chi connectivity index (χ2v) is 6.68. The summed E-state index contributed by atoms with van der Waals surface area (Å²) in [5.74, 6) is 0.721. The number of likely N-dealkylation sites (tertiary alicyclic amines) is 1. The first-order valence-electron chi connectivity index (χ1n) is 8.18. The number of hydrogen-bond acceptors (Lipinski definition) is 3. The fraction of sp³-hybridized carbons (Fsp3) is 0.647. The van der Waals surface area contributed by atoms with Crippen molar-refractivity contribution in [2.75, 3.05) is 13.1 Å². The van der Waals surface area contributed by atoms with Crippen molar-refractivity contribution in [1.82, 2.24) is 10.2 Å². The Bertz CT molecular complexity index is 555. The molecule has 2 amide bonds. The Morgan fingerprint density at radius 3 is 2.78 bits per heavy atom. The van der Waals surface area contributed by atoms with Gasteiger partial charge >= 0.3 is 12.0 Å². The molecule has 1 saturated heterocycles. The number of nitrogens with zero attached hydrogens (tertiary/aromatic N) is 1. The van der Waals surface area contributed by atoms with Crippen LogP contribution in [0.4, 0.5) is 4.79 Å². The van der Waals surface area contributed by atoms with Crippen LogP contribution in [0.1, 0.15) is 38.2 Å². The van der Waals surface area contributed by atoms with E-state index < -0.39 is 11.9 Å². The van der Waals surface area contributed by atoms with E-state index in [2.05, 4.69) is 5.32 Å². The lowest BCUT2D eigenvalue weighted by Gasteiger charge is -2.35. The van der Waals surface area contributed by atoms with Gasteiger partial charge in [-0.15, -0.1) is 0 Å². The lowest BCUT2D eigenvalue weighted by Crippen LogP contribution is -2.51. The molecule has 1 fully saturated rings.